The number of rotatable bonds is 6. The zero-order chi connectivity index (χ0) is 12.8. The zero-order valence-corrected chi connectivity index (χ0v) is 11.1. The maximum atomic E-state index is 11.5. The lowest BCUT2D eigenvalue weighted by atomic mass is 10.2. The maximum absolute atomic E-state index is 11.5. The SMILES string of the molecule is CNc1ncc(CCC(=O)NC(C)C(C)=O)s1. The number of aromatic nitrogens is 1. The number of carbonyl (C=O) groups is 2. The lowest BCUT2D eigenvalue weighted by Crippen LogP contribution is -2.37. The summed E-state index contributed by atoms with van der Waals surface area (Å²) in [5.74, 6) is -0.138. The molecule has 0 aromatic carbocycles. The van der Waals surface area contributed by atoms with Crippen LogP contribution < -0.4 is 10.6 Å². The molecular weight excluding hydrogens is 238 g/mol. The highest BCUT2D eigenvalue weighted by atomic mass is 32.1. The molecule has 0 bridgehead atoms. The molecule has 1 atom stereocenters. The summed E-state index contributed by atoms with van der Waals surface area (Å²) in [6, 6.07) is -0.406. The van der Waals surface area contributed by atoms with Gasteiger partial charge in [0.15, 0.2) is 10.9 Å². The molecule has 1 aromatic heterocycles. The van der Waals surface area contributed by atoms with Crippen molar-refractivity contribution in [3.8, 4) is 0 Å². The van der Waals surface area contributed by atoms with E-state index in [1.165, 1.54) is 18.3 Å². The highest BCUT2D eigenvalue weighted by molar-refractivity contribution is 7.15. The van der Waals surface area contributed by atoms with Gasteiger partial charge in [0.1, 0.15) is 0 Å². The molecule has 17 heavy (non-hydrogen) atoms. The molecule has 0 radical (unpaired) electrons. The molecule has 0 saturated heterocycles. The number of ketones is 1. The summed E-state index contributed by atoms with van der Waals surface area (Å²) >= 11 is 1.53. The molecular formula is C11H17N3O2S. The van der Waals surface area contributed by atoms with E-state index >= 15 is 0 Å². The van der Waals surface area contributed by atoms with Crippen LogP contribution in [0.25, 0.3) is 0 Å². The van der Waals surface area contributed by atoms with Crippen LogP contribution in [0.5, 0.6) is 0 Å². The third kappa shape index (κ3) is 4.52. The summed E-state index contributed by atoms with van der Waals surface area (Å²) in [5, 5.41) is 6.44. The van der Waals surface area contributed by atoms with E-state index in [1.807, 2.05) is 7.05 Å². The summed E-state index contributed by atoms with van der Waals surface area (Å²) in [7, 11) is 1.81. The van der Waals surface area contributed by atoms with Gasteiger partial charge in [-0.15, -0.1) is 11.3 Å². The minimum absolute atomic E-state index is 0.0337. The van der Waals surface area contributed by atoms with Crippen LogP contribution in [0.15, 0.2) is 6.20 Å². The Labute approximate surface area is 105 Å². The average molecular weight is 255 g/mol. The molecule has 0 aliphatic rings. The molecule has 0 spiro atoms. The van der Waals surface area contributed by atoms with Crippen molar-refractivity contribution in [2.45, 2.75) is 32.7 Å². The molecule has 1 amide bonds. The van der Waals surface area contributed by atoms with Gasteiger partial charge in [0.25, 0.3) is 0 Å². The Bertz CT molecular complexity index is 403. The second kappa shape index (κ2) is 6.34. The van der Waals surface area contributed by atoms with E-state index < -0.39 is 6.04 Å². The summed E-state index contributed by atoms with van der Waals surface area (Å²) in [4.78, 5) is 27.7. The van der Waals surface area contributed by atoms with Gasteiger partial charge in [-0.05, 0) is 20.3 Å². The molecule has 0 aliphatic carbocycles. The van der Waals surface area contributed by atoms with Crippen LogP contribution in [-0.2, 0) is 16.0 Å². The maximum Gasteiger partial charge on any atom is 0.220 e. The van der Waals surface area contributed by atoms with Crippen molar-refractivity contribution in [1.29, 1.82) is 0 Å². The Hall–Kier alpha value is -1.43. The van der Waals surface area contributed by atoms with Gasteiger partial charge in [0.2, 0.25) is 5.91 Å². The minimum Gasteiger partial charge on any atom is -0.365 e. The normalized spacial score (nSPS) is 11.9. The van der Waals surface area contributed by atoms with Crippen molar-refractivity contribution in [1.82, 2.24) is 10.3 Å². The first kappa shape index (κ1) is 13.6. The van der Waals surface area contributed by atoms with Crippen molar-refractivity contribution in [2.75, 3.05) is 12.4 Å². The van der Waals surface area contributed by atoms with Crippen LogP contribution in [0.1, 0.15) is 25.1 Å². The van der Waals surface area contributed by atoms with Crippen LogP contribution in [0, 0.1) is 0 Å². The van der Waals surface area contributed by atoms with Gasteiger partial charge in [-0.3, -0.25) is 9.59 Å². The van der Waals surface area contributed by atoms with Gasteiger partial charge in [0.05, 0.1) is 6.04 Å². The van der Waals surface area contributed by atoms with Crippen LogP contribution >= 0.6 is 11.3 Å². The van der Waals surface area contributed by atoms with E-state index in [4.69, 9.17) is 0 Å². The van der Waals surface area contributed by atoms with Crippen molar-refractivity contribution >= 4 is 28.2 Å². The first-order valence-electron chi connectivity index (χ1n) is 5.45. The first-order chi connectivity index (χ1) is 8.02. The van der Waals surface area contributed by atoms with E-state index in [9.17, 15) is 9.59 Å². The molecule has 0 fully saturated rings. The Kier molecular flexibility index (Phi) is 5.09. The largest absolute Gasteiger partial charge is 0.365 e. The summed E-state index contributed by atoms with van der Waals surface area (Å²) in [6.45, 7) is 3.15. The Morgan fingerprint density at radius 1 is 1.53 bits per heavy atom. The van der Waals surface area contributed by atoms with Gasteiger partial charge >= 0.3 is 0 Å². The number of hydrogen-bond acceptors (Lipinski definition) is 5. The fourth-order valence-electron chi connectivity index (χ4n) is 1.19. The molecule has 5 nitrogen and oxygen atoms in total. The lowest BCUT2D eigenvalue weighted by Gasteiger charge is -2.09. The molecule has 2 N–H and O–H groups in total. The highest BCUT2D eigenvalue weighted by Gasteiger charge is 2.11. The van der Waals surface area contributed by atoms with E-state index in [0.717, 1.165) is 10.0 Å². The van der Waals surface area contributed by atoms with Gasteiger partial charge in [-0.2, -0.15) is 0 Å². The number of carbonyl (C=O) groups excluding carboxylic acids is 2. The van der Waals surface area contributed by atoms with Crippen LogP contribution in [-0.4, -0.2) is 29.8 Å². The Balaban J connectivity index is 2.35. The molecule has 1 unspecified atom stereocenters. The predicted octanol–water partition coefficient (Wildman–Crippen LogP) is 1.21. The number of Topliss-reactive ketones (excluding diaryl/α,β-unsaturated/α-hetero) is 1. The van der Waals surface area contributed by atoms with Crippen LogP contribution in [0.3, 0.4) is 0 Å². The van der Waals surface area contributed by atoms with Crippen molar-refractivity contribution in [3.05, 3.63) is 11.1 Å². The number of thiazole rings is 1. The molecule has 94 valence electrons. The summed E-state index contributed by atoms with van der Waals surface area (Å²) in [6.07, 6.45) is 2.79. The quantitative estimate of drug-likeness (QED) is 0.801. The molecule has 0 saturated carbocycles. The summed E-state index contributed by atoms with van der Waals surface area (Å²) in [5.41, 5.74) is 0. The number of nitrogens with one attached hydrogen (secondary N) is 2. The Morgan fingerprint density at radius 3 is 2.76 bits per heavy atom. The minimum atomic E-state index is -0.406. The van der Waals surface area contributed by atoms with Gasteiger partial charge < -0.3 is 10.6 Å². The van der Waals surface area contributed by atoms with E-state index in [-0.39, 0.29) is 11.7 Å². The van der Waals surface area contributed by atoms with Crippen molar-refractivity contribution in [3.63, 3.8) is 0 Å². The topological polar surface area (TPSA) is 71.1 Å². The monoisotopic (exact) mass is 255 g/mol. The smallest absolute Gasteiger partial charge is 0.220 e. The van der Waals surface area contributed by atoms with Crippen molar-refractivity contribution < 1.29 is 9.59 Å². The third-order valence-electron chi connectivity index (χ3n) is 2.35. The highest BCUT2D eigenvalue weighted by Crippen LogP contribution is 2.18. The number of anilines is 1. The number of aryl methyl sites for hydroxylation is 1. The van der Waals surface area contributed by atoms with E-state index in [1.54, 1.807) is 13.1 Å². The third-order valence-corrected chi connectivity index (χ3v) is 3.43. The van der Waals surface area contributed by atoms with Crippen molar-refractivity contribution in [2.24, 2.45) is 0 Å². The predicted molar refractivity (Wildman–Crippen MR) is 68.3 cm³/mol. The van der Waals surface area contributed by atoms with Crippen LogP contribution in [0.2, 0.25) is 0 Å². The number of amides is 1. The van der Waals surface area contributed by atoms with E-state index in [2.05, 4.69) is 15.6 Å². The standard InChI is InChI=1S/C11H17N3O2S/c1-7(8(2)15)14-10(16)5-4-9-6-13-11(12-3)17-9/h6-7H,4-5H2,1-3H3,(H,12,13)(H,14,16). The fourth-order valence-corrected chi connectivity index (χ4v) is 1.96. The number of nitrogens with zero attached hydrogens (tertiary/aromatic N) is 1. The van der Waals surface area contributed by atoms with E-state index in [0.29, 0.717) is 12.8 Å². The first-order valence-corrected chi connectivity index (χ1v) is 6.27. The molecule has 1 aromatic rings. The molecule has 0 aliphatic heterocycles. The molecule has 6 heteroatoms. The molecule has 1 rings (SSSR count). The molecule has 1 heterocycles. The van der Waals surface area contributed by atoms with Crippen LogP contribution in [0.4, 0.5) is 5.13 Å². The summed E-state index contributed by atoms with van der Waals surface area (Å²) < 4.78 is 0. The van der Waals surface area contributed by atoms with Gasteiger partial charge in [-0.1, -0.05) is 0 Å². The fraction of sp³-hybridized carbons (Fsp3) is 0.545. The Morgan fingerprint density at radius 2 is 2.24 bits per heavy atom. The van der Waals surface area contributed by atoms with Gasteiger partial charge in [-0.25, -0.2) is 4.98 Å². The second-order valence-electron chi connectivity index (χ2n) is 3.78. The second-order valence-corrected chi connectivity index (χ2v) is 4.90. The average Bonchev–Trinajstić information content (AvgIpc) is 2.74. The lowest BCUT2D eigenvalue weighted by molar-refractivity contribution is -0.126. The number of hydrogen-bond donors (Lipinski definition) is 2. The van der Waals surface area contributed by atoms with Gasteiger partial charge in [0, 0.05) is 24.5 Å². The zero-order valence-electron chi connectivity index (χ0n) is 10.2.